The van der Waals surface area contributed by atoms with Crippen LogP contribution in [0.4, 0.5) is 5.82 Å². The number of nitrogens with zero attached hydrogens (tertiary/aromatic N) is 5. The second-order valence-corrected chi connectivity index (χ2v) is 10.6. The van der Waals surface area contributed by atoms with E-state index < -0.39 is 0 Å². The monoisotopic (exact) mass is 467 g/mol. The van der Waals surface area contributed by atoms with Gasteiger partial charge in [-0.15, -0.1) is 0 Å². The van der Waals surface area contributed by atoms with E-state index in [1.807, 2.05) is 18.6 Å². The van der Waals surface area contributed by atoms with Crippen LogP contribution in [-0.2, 0) is 4.74 Å². The van der Waals surface area contributed by atoms with E-state index in [1.54, 1.807) is 0 Å². The van der Waals surface area contributed by atoms with Crippen LogP contribution in [0.2, 0.25) is 0 Å². The SMILES string of the molecule is c1cc(-c2nc(N3CCNCC3)c3c(C4CC4)cncc3n2)c2cc([C@@H]3C[C@H]4CC[C@@H]3O4)[nH]c2n1. The summed E-state index contributed by atoms with van der Waals surface area (Å²) in [6.45, 7) is 3.83. The number of anilines is 1. The summed E-state index contributed by atoms with van der Waals surface area (Å²) in [5.74, 6) is 2.82. The highest BCUT2D eigenvalue weighted by Crippen LogP contribution is 2.46. The lowest BCUT2D eigenvalue weighted by Crippen LogP contribution is -2.44. The second-order valence-electron chi connectivity index (χ2n) is 10.6. The Kier molecular flexibility index (Phi) is 4.43. The number of H-pyrrole nitrogens is 1. The molecule has 4 aliphatic rings. The molecule has 1 aliphatic carbocycles. The van der Waals surface area contributed by atoms with Crippen molar-refractivity contribution in [2.24, 2.45) is 0 Å². The molecule has 0 spiro atoms. The van der Waals surface area contributed by atoms with Crippen molar-refractivity contribution in [1.29, 1.82) is 0 Å². The van der Waals surface area contributed by atoms with Gasteiger partial charge in [0.05, 0.1) is 23.9 Å². The van der Waals surface area contributed by atoms with Crippen LogP contribution in [0.5, 0.6) is 0 Å². The number of piperazine rings is 1. The summed E-state index contributed by atoms with van der Waals surface area (Å²) in [7, 11) is 0. The zero-order valence-corrected chi connectivity index (χ0v) is 19.7. The van der Waals surface area contributed by atoms with Crippen molar-refractivity contribution in [3.8, 4) is 11.4 Å². The van der Waals surface area contributed by atoms with Gasteiger partial charge in [0.1, 0.15) is 11.5 Å². The van der Waals surface area contributed by atoms with Crippen molar-refractivity contribution >= 4 is 27.8 Å². The lowest BCUT2D eigenvalue weighted by atomic mass is 9.87. The summed E-state index contributed by atoms with van der Waals surface area (Å²) in [5.41, 5.74) is 5.40. The molecule has 8 heteroatoms. The van der Waals surface area contributed by atoms with Gasteiger partial charge in [-0.3, -0.25) is 4.98 Å². The summed E-state index contributed by atoms with van der Waals surface area (Å²) < 4.78 is 6.13. The number of hydrogen-bond acceptors (Lipinski definition) is 7. The van der Waals surface area contributed by atoms with Crippen LogP contribution < -0.4 is 10.2 Å². The number of nitrogens with one attached hydrogen (secondary N) is 2. The van der Waals surface area contributed by atoms with Crippen molar-refractivity contribution < 1.29 is 4.74 Å². The zero-order chi connectivity index (χ0) is 22.9. The van der Waals surface area contributed by atoms with E-state index >= 15 is 0 Å². The first-order valence-electron chi connectivity index (χ1n) is 13.1. The van der Waals surface area contributed by atoms with Crippen molar-refractivity contribution in [2.75, 3.05) is 31.1 Å². The molecule has 2 bridgehead atoms. The molecule has 4 aromatic heterocycles. The maximum absolute atomic E-state index is 6.13. The normalized spacial score (nSPS) is 26.3. The largest absolute Gasteiger partial charge is 0.374 e. The summed E-state index contributed by atoms with van der Waals surface area (Å²) in [5, 5.41) is 5.75. The Hall–Kier alpha value is -3.10. The molecule has 4 fully saturated rings. The average molecular weight is 468 g/mol. The standard InChI is InChI=1S/C27H29N7O/c1-2-15(1)20-13-29-14-22-24(20)27(34-9-7-28-8-10-34)33-26(32-22)17-5-6-30-25-18(17)12-21(31-25)19-11-16-3-4-23(19)35-16/h5-6,12-16,19,23,28H,1-4,7-11H2,(H,30,31)/t16-,19+,23+/m1/s1. The van der Waals surface area contributed by atoms with E-state index in [-0.39, 0.29) is 0 Å². The predicted octanol–water partition coefficient (Wildman–Crippen LogP) is 3.89. The van der Waals surface area contributed by atoms with Crippen molar-refractivity contribution in [3.05, 3.63) is 42.0 Å². The van der Waals surface area contributed by atoms with E-state index in [4.69, 9.17) is 14.7 Å². The van der Waals surface area contributed by atoms with E-state index in [9.17, 15) is 0 Å². The summed E-state index contributed by atoms with van der Waals surface area (Å²) in [4.78, 5) is 25.6. The minimum atomic E-state index is 0.333. The fourth-order valence-electron chi connectivity index (χ4n) is 6.43. The number of ether oxygens (including phenoxy) is 1. The number of hydrogen-bond donors (Lipinski definition) is 2. The fraction of sp³-hybridized carbons (Fsp3) is 0.481. The second kappa shape index (κ2) is 7.70. The molecule has 0 unspecified atom stereocenters. The minimum absolute atomic E-state index is 0.333. The lowest BCUT2D eigenvalue weighted by Gasteiger charge is -2.30. The maximum atomic E-state index is 6.13. The Labute approximate surface area is 203 Å². The summed E-state index contributed by atoms with van der Waals surface area (Å²) in [6, 6.07) is 4.32. The fourth-order valence-corrected chi connectivity index (χ4v) is 6.43. The molecule has 8 nitrogen and oxygen atoms in total. The van der Waals surface area contributed by atoms with Crippen LogP contribution >= 0.6 is 0 Å². The third-order valence-electron chi connectivity index (χ3n) is 8.35. The first-order valence-corrected chi connectivity index (χ1v) is 13.1. The van der Waals surface area contributed by atoms with Crippen LogP contribution in [0.15, 0.2) is 30.7 Å². The molecule has 35 heavy (non-hydrogen) atoms. The molecule has 1 saturated carbocycles. The number of aromatic nitrogens is 5. The van der Waals surface area contributed by atoms with Crippen molar-refractivity contribution in [1.82, 2.24) is 30.2 Å². The van der Waals surface area contributed by atoms with Gasteiger partial charge in [-0.05, 0) is 55.7 Å². The number of pyridine rings is 2. The lowest BCUT2D eigenvalue weighted by molar-refractivity contribution is 0.100. The number of fused-ring (bicyclic) bond motifs is 4. The molecule has 3 aliphatic heterocycles. The maximum Gasteiger partial charge on any atom is 0.163 e. The summed E-state index contributed by atoms with van der Waals surface area (Å²) in [6.07, 6.45) is 12.5. The van der Waals surface area contributed by atoms with E-state index in [2.05, 4.69) is 37.3 Å². The highest BCUT2D eigenvalue weighted by atomic mass is 16.5. The Morgan fingerprint density at radius 1 is 1.03 bits per heavy atom. The number of aromatic amines is 1. The Morgan fingerprint density at radius 3 is 2.74 bits per heavy atom. The molecule has 178 valence electrons. The smallest absolute Gasteiger partial charge is 0.163 e. The molecular formula is C27H29N7O. The minimum Gasteiger partial charge on any atom is -0.374 e. The Bertz CT molecular complexity index is 1440. The third-order valence-corrected chi connectivity index (χ3v) is 8.35. The van der Waals surface area contributed by atoms with Gasteiger partial charge < -0.3 is 19.9 Å². The summed E-state index contributed by atoms with van der Waals surface area (Å²) >= 11 is 0. The van der Waals surface area contributed by atoms with E-state index in [0.29, 0.717) is 24.0 Å². The van der Waals surface area contributed by atoms with Crippen LogP contribution in [0, 0.1) is 0 Å². The first kappa shape index (κ1) is 20.1. The van der Waals surface area contributed by atoms with Crippen molar-refractivity contribution in [2.45, 2.75) is 56.1 Å². The van der Waals surface area contributed by atoms with Gasteiger partial charge in [-0.1, -0.05) is 0 Å². The molecule has 4 aromatic rings. The molecule has 0 amide bonds. The first-order chi connectivity index (χ1) is 17.3. The molecule has 3 saturated heterocycles. The van der Waals surface area contributed by atoms with E-state index in [1.165, 1.54) is 35.9 Å². The molecule has 8 rings (SSSR count). The van der Waals surface area contributed by atoms with Crippen molar-refractivity contribution in [3.63, 3.8) is 0 Å². The van der Waals surface area contributed by atoms with E-state index in [0.717, 1.165) is 72.8 Å². The highest BCUT2D eigenvalue weighted by Gasteiger charge is 2.42. The van der Waals surface area contributed by atoms with Gasteiger partial charge in [0.2, 0.25) is 0 Å². The van der Waals surface area contributed by atoms with Gasteiger partial charge in [0, 0.05) is 66.5 Å². The quantitative estimate of drug-likeness (QED) is 0.470. The van der Waals surface area contributed by atoms with Crippen LogP contribution in [0.3, 0.4) is 0 Å². The molecule has 2 N–H and O–H groups in total. The van der Waals surface area contributed by atoms with Gasteiger partial charge in [-0.25, -0.2) is 15.0 Å². The Balaban J connectivity index is 1.29. The highest BCUT2D eigenvalue weighted by molar-refractivity contribution is 5.97. The zero-order valence-electron chi connectivity index (χ0n) is 19.7. The number of rotatable bonds is 4. The van der Waals surface area contributed by atoms with Gasteiger partial charge >= 0.3 is 0 Å². The molecular weight excluding hydrogens is 438 g/mol. The van der Waals surface area contributed by atoms with Crippen LogP contribution in [0.1, 0.15) is 55.2 Å². The molecule has 0 aromatic carbocycles. The average Bonchev–Trinajstić information content (AvgIpc) is 3.31. The Morgan fingerprint density at radius 2 is 1.94 bits per heavy atom. The topological polar surface area (TPSA) is 91.9 Å². The molecule has 0 radical (unpaired) electrons. The van der Waals surface area contributed by atoms with Gasteiger partial charge in [-0.2, -0.15) is 0 Å². The molecule has 7 heterocycles. The van der Waals surface area contributed by atoms with Gasteiger partial charge in [0.15, 0.2) is 5.82 Å². The van der Waals surface area contributed by atoms with Gasteiger partial charge in [0.25, 0.3) is 0 Å². The third kappa shape index (κ3) is 3.27. The molecule has 3 atom stereocenters. The van der Waals surface area contributed by atoms with Crippen LogP contribution in [0.25, 0.3) is 33.3 Å². The predicted molar refractivity (Wildman–Crippen MR) is 135 cm³/mol. The van der Waals surface area contributed by atoms with Crippen LogP contribution in [-0.4, -0.2) is 63.3 Å².